The van der Waals surface area contributed by atoms with Crippen LogP contribution in [0, 0.1) is 17.1 Å². The third-order valence-corrected chi connectivity index (χ3v) is 3.18. The Morgan fingerprint density at radius 1 is 1.20 bits per heavy atom. The molecule has 0 saturated carbocycles. The van der Waals surface area contributed by atoms with Gasteiger partial charge >= 0.3 is 0 Å². The van der Waals surface area contributed by atoms with Gasteiger partial charge in [-0.3, -0.25) is 0 Å². The fourth-order valence-corrected chi connectivity index (χ4v) is 2.02. The average molecular weight is 269 g/mol. The molecule has 0 amide bonds. The smallest absolute Gasteiger partial charge is 0.129 e. The van der Waals surface area contributed by atoms with Crippen molar-refractivity contribution in [3.05, 3.63) is 59.4 Å². The summed E-state index contributed by atoms with van der Waals surface area (Å²) in [5.41, 5.74) is 8.27. The van der Waals surface area contributed by atoms with E-state index in [1.165, 1.54) is 6.07 Å². The Morgan fingerprint density at radius 2 is 1.90 bits per heavy atom. The Kier molecular flexibility index (Phi) is 4.21. The molecule has 3 nitrogen and oxygen atoms in total. The summed E-state index contributed by atoms with van der Waals surface area (Å²) < 4.78 is 13.9. The van der Waals surface area contributed by atoms with Gasteiger partial charge < -0.3 is 10.6 Å². The summed E-state index contributed by atoms with van der Waals surface area (Å²) >= 11 is 0. The summed E-state index contributed by atoms with van der Waals surface area (Å²) in [6.45, 7) is 3.22. The second-order valence-corrected chi connectivity index (χ2v) is 4.52. The van der Waals surface area contributed by atoms with E-state index >= 15 is 0 Å². The summed E-state index contributed by atoms with van der Waals surface area (Å²) in [5.74, 6) is -0.349. The Labute approximate surface area is 118 Å². The van der Waals surface area contributed by atoms with Gasteiger partial charge in [0.25, 0.3) is 0 Å². The molecule has 0 aliphatic carbocycles. The summed E-state index contributed by atoms with van der Waals surface area (Å²) in [6.07, 6.45) is 0. The first-order chi connectivity index (χ1) is 9.63. The second-order valence-electron chi connectivity index (χ2n) is 4.52. The molecule has 2 rings (SSSR count). The van der Waals surface area contributed by atoms with Crippen molar-refractivity contribution in [3.63, 3.8) is 0 Å². The Balaban J connectivity index is 2.22. The molecular weight excluding hydrogens is 253 g/mol. The molecule has 4 heteroatoms. The molecule has 0 aliphatic heterocycles. The van der Waals surface area contributed by atoms with Gasteiger partial charge in [0, 0.05) is 30.0 Å². The van der Waals surface area contributed by atoms with E-state index in [0.717, 1.165) is 12.2 Å². The highest BCUT2D eigenvalue weighted by Crippen LogP contribution is 2.20. The maximum Gasteiger partial charge on any atom is 0.129 e. The van der Waals surface area contributed by atoms with Crippen LogP contribution in [0.15, 0.2) is 42.5 Å². The largest absolute Gasteiger partial charge is 0.399 e. The zero-order valence-corrected chi connectivity index (χ0v) is 11.3. The Morgan fingerprint density at radius 3 is 2.45 bits per heavy atom. The van der Waals surface area contributed by atoms with Gasteiger partial charge in [-0.25, -0.2) is 4.39 Å². The van der Waals surface area contributed by atoms with Crippen LogP contribution in [0.1, 0.15) is 18.1 Å². The molecule has 102 valence electrons. The van der Waals surface area contributed by atoms with Gasteiger partial charge in [-0.2, -0.15) is 5.26 Å². The predicted octanol–water partition coefficient (Wildman–Crippen LogP) is 3.31. The Hall–Kier alpha value is -2.54. The van der Waals surface area contributed by atoms with Gasteiger partial charge in [0.1, 0.15) is 5.82 Å². The minimum Gasteiger partial charge on any atom is -0.399 e. The molecule has 2 aromatic carbocycles. The van der Waals surface area contributed by atoms with E-state index in [1.807, 2.05) is 42.2 Å². The number of anilines is 2. The number of nitriles is 1. The van der Waals surface area contributed by atoms with Crippen molar-refractivity contribution in [2.45, 2.75) is 13.5 Å². The average Bonchev–Trinajstić information content (AvgIpc) is 2.47. The molecule has 0 radical (unpaired) electrons. The molecule has 20 heavy (non-hydrogen) atoms. The van der Waals surface area contributed by atoms with E-state index in [2.05, 4.69) is 0 Å². The van der Waals surface area contributed by atoms with E-state index in [0.29, 0.717) is 23.4 Å². The lowest BCUT2D eigenvalue weighted by Crippen LogP contribution is -2.22. The van der Waals surface area contributed by atoms with Gasteiger partial charge in [-0.15, -0.1) is 0 Å². The van der Waals surface area contributed by atoms with Gasteiger partial charge in [0.2, 0.25) is 0 Å². The first-order valence-corrected chi connectivity index (χ1v) is 6.43. The minimum atomic E-state index is -0.349. The van der Waals surface area contributed by atoms with Crippen molar-refractivity contribution in [1.29, 1.82) is 5.26 Å². The summed E-state index contributed by atoms with van der Waals surface area (Å²) in [5, 5.41) is 8.75. The van der Waals surface area contributed by atoms with Crippen LogP contribution in [0.5, 0.6) is 0 Å². The maximum atomic E-state index is 13.9. The van der Waals surface area contributed by atoms with Crippen LogP contribution < -0.4 is 10.6 Å². The molecule has 0 saturated heterocycles. The lowest BCUT2D eigenvalue weighted by Gasteiger charge is -2.23. The van der Waals surface area contributed by atoms with Crippen LogP contribution in [0.25, 0.3) is 0 Å². The standard InChI is InChI=1S/C16H16FN3/c1-2-20(15-7-5-14(19)6-8-15)11-13-4-3-12(10-18)9-16(13)17/h3-9H,2,11,19H2,1H3. The third kappa shape index (κ3) is 3.07. The van der Waals surface area contributed by atoms with Crippen molar-refractivity contribution < 1.29 is 4.39 Å². The quantitative estimate of drug-likeness (QED) is 0.866. The van der Waals surface area contributed by atoms with Crippen molar-refractivity contribution in [2.75, 3.05) is 17.2 Å². The molecule has 0 fully saturated rings. The second kappa shape index (κ2) is 6.07. The first kappa shape index (κ1) is 13.9. The number of hydrogen-bond donors (Lipinski definition) is 1. The van der Waals surface area contributed by atoms with Crippen molar-refractivity contribution >= 4 is 11.4 Å². The lowest BCUT2D eigenvalue weighted by atomic mass is 10.1. The summed E-state index contributed by atoms with van der Waals surface area (Å²) in [7, 11) is 0. The molecule has 0 atom stereocenters. The molecular formula is C16H16FN3. The maximum absolute atomic E-state index is 13.9. The number of rotatable bonds is 4. The number of nitrogen functional groups attached to an aromatic ring is 1. The normalized spacial score (nSPS) is 10.1. The number of benzene rings is 2. The topological polar surface area (TPSA) is 53.0 Å². The van der Waals surface area contributed by atoms with Crippen LogP contribution in [0.3, 0.4) is 0 Å². The van der Waals surface area contributed by atoms with E-state index in [-0.39, 0.29) is 5.82 Å². The highest BCUT2D eigenvalue weighted by molar-refractivity contribution is 5.53. The van der Waals surface area contributed by atoms with Gasteiger partial charge in [0.05, 0.1) is 11.6 Å². The van der Waals surface area contributed by atoms with Gasteiger partial charge in [-0.05, 0) is 43.3 Å². The predicted molar refractivity (Wildman–Crippen MR) is 78.7 cm³/mol. The number of nitrogens with two attached hydrogens (primary N) is 1. The van der Waals surface area contributed by atoms with Crippen LogP contribution >= 0.6 is 0 Å². The van der Waals surface area contributed by atoms with Crippen LogP contribution in [-0.2, 0) is 6.54 Å². The van der Waals surface area contributed by atoms with Crippen LogP contribution in [-0.4, -0.2) is 6.54 Å². The molecule has 0 aliphatic rings. The highest BCUT2D eigenvalue weighted by Gasteiger charge is 2.09. The van der Waals surface area contributed by atoms with Crippen molar-refractivity contribution in [3.8, 4) is 6.07 Å². The fourth-order valence-electron chi connectivity index (χ4n) is 2.02. The van der Waals surface area contributed by atoms with Crippen molar-refractivity contribution in [1.82, 2.24) is 0 Å². The zero-order chi connectivity index (χ0) is 14.5. The molecule has 0 bridgehead atoms. The van der Waals surface area contributed by atoms with Gasteiger partial charge in [0.15, 0.2) is 0 Å². The Bertz CT molecular complexity index is 629. The third-order valence-electron chi connectivity index (χ3n) is 3.18. The summed E-state index contributed by atoms with van der Waals surface area (Å²) in [4.78, 5) is 2.05. The van der Waals surface area contributed by atoms with Crippen molar-refractivity contribution in [2.24, 2.45) is 0 Å². The van der Waals surface area contributed by atoms with E-state index in [4.69, 9.17) is 11.0 Å². The van der Waals surface area contributed by atoms with Crippen LogP contribution in [0.2, 0.25) is 0 Å². The molecule has 0 unspecified atom stereocenters. The van der Waals surface area contributed by atoms with Gasteiger partial charge in [-0.1, -0.05) is 6.07 Å². The van der Waals surface area contributed by atoms with E-state index in [9.17, 15) is 4.39 Å². The fraction of sp³-hybridized carbons (Fsp3) is 0.188. The number of hydrogen-bond acceptors (Lipinski definition) is 3. The molecule has 0 spiro atoms. The molecule has 2 N–H and O–H groups in total. The molecule has 0 aromatic heterocycles. The van der Waals surface area contributed by atoms with E-state index in [1.54, 1.807) is 12.1 Å². The highest BCUT2D eigenvalue weighted by atomic mass is 19.1. The monoisotopic (exact) mass is 269 g/mol. The zero-order valence-electron chi connectivity index (χ0n) is 11.3. The lowest BCUT2D eigenvalue weighted by molar-refractivity contribution is 0.605. The number of nitrogens with zero attached hydrogens (tertiary/aromatic N) is 2. The summed E-state index contributed by atoms with van der Waals surface area (Å²) in [6, 6.07) is 14.0. The van der Waals surface area contributed by atoms with E-state index < -0.39 is 0 Å². The molecule has 0 heterocycles. The molecule has 2 aromatic rings. The SMILES string of the molecule is CCN(Cc1ccc(C#N)cc1F)c1ccc(N)cc1. The number of halogens is 1. The minimum absolute atomic E-state index is 0.335. The first-order valence-electron chi connectivity index (χ1n) is 6.43. The van der Waals surface area contributed by atoms with Crippen LogP contribution in [0.4, 0.5) is 15.8 Å².